The SMILES string of the molecule is O=C(O)CNC(=O)C1(C(=O)Nc2ccc(F)cc2)CC1. The van der Waals surface area contributed by atoms with Gasteiger partial charge in [-0.05, 0) is 37.1 Å². The van der Waals surface area contributed by atoms with E-state index in [0.717, 1.165) is 0 Å². The highest BCUT2D eigenvalue weighted by Crippen LogP contribution is 2.46. The van der Waals surface area contributed by atoms with Crippen LogP contribution in [-0.4, -0.2) is 29.4 Å². The number of halogens is 1. The van der Waals surface area contributed by atoms with Gasteiger partial charge in [0.05, 0.1) is 0 Å². The van der Waals surface area contributed by atoms with Crippen molar-refractivity contribution in [3.8, 4) is 0 Å². The first-order valence-corrected chi connectivity index (χ1v) is 6.01. The van der Waals surface area contributed by atoms with Crippen molar-refractivity contribution in [3.05, 3.63) is 30.1 Å². The molecule has 0 heterocycles. The molecule has 20 heavy (non-hydrogen) atoms. The van der Waals surface area contributed by atoms with Crippen LogP contribution in [0.15, 0.2) is 24.3 Å². The van der Waals surface area contributed by atoms with E-state index >= 15 is 0 Å². The second-order valence-electron chi connectivity index (χ2n) is 4.62. The average molecular weight is 280 g/mol. The molecule has 1 fully saturated rings. The molecule has 1 aromatic rings. The molecule has 6 nitrogen and oxygen atoms in total. The summed E-state index contributed by atoms with van der Waals surface area (Å²) in [6.07, 6.45) is 0.733. The molecule has 0 bridgehead atoms. The normalized spacial score (nSPS) is 15.2. The van der Waals surface area contributed by atoms with E-state index in [0.29, 0.717) is 18.5 Å². The van der Waals surface area contributed by atoms with Gasteiger partial charge in [0.1, 0.15) is 17.8 Å². The fraction of sp³-hybridized carbons (Fsp3) is 0.308. The Morgan fingerprint density at radius 1 is 1.15 bits per heavy atom. The number of carbonyl (C=O) groups excluding carboxylic acids is 2. The van der Waals surface area contributed by atoms with Gasteiger partial charge >= 0.3 is 5.97 Å². The van der Waals surface area contributed by atoms with Crippen LogP contribution in [0.1, 0.15) is 12.8 Å². The summed E-state index contributed by atoms with van der Waals surface area (Å²) in [5.74, 6) is -2.71. The lowest BCUT2D eigenvalue weighted by molar-refractivity contribution is -0.140. The summed E-state index contributed by atoms with van der Waals surface area (Å²) >= 11 is 0. The van der Waals surface area contributed by atoms with E-state index in [4.69, 9.17) is 5.11 Å². The molecule has 7 heteroatoms. The van der Waals surface area contributed by atoms with Gasteiger partial charge in [-0.3, -0.25) is 14.4 Å². The standard InChI is InChI=1S/C13H13FN2O4/c14-8-1-3-9(4-2-8)16-12(20)13(5-6-13)11(19)15-7-10(17)18/h1-4H,5-7H2,(H,15,19)(H,16,20)(H,17,18). The van der Waals surface area contributed by atoms with E-state index in [9.17, 15) is 18.8 Å². The molecule has 2 rings (SSSR count). The molecule has 0 aromatic heterocycles. The lowest BCUT2D eigenvalue weighted by atomic mass is 10.1. The Bertz CT molecular complexity index is 552. The van der Waals surface area contributed by atoms with Crippen molar-refractivity contribution in [1.29, 1.82) is 0 Å². The zero-order chi connectivity index (χ0) is 14.8. The fourth-order valence-electron chi connectivity index (χ4n) is 1.79. The average Bonchev–Trinajstić information content (AvgIpc) is 3.20. The Labute approximate surface area is 114 Å². The first-order chi connectivity index (χ1) is 9.44. The summed E-state index contributed by atoms with van der Waals surface area (Å²) in [6, 6.07) is 5.16. The molecule has 0 atom stereocenters. The molecule has 1 aromatic carbocycles. The molecular weight excluding hydrogens is 267 g/mol. The number of hydrogen-bond acceptors (Lipinski definition) is 3. The second kappa shape index (κ2) is 5.28. The van der Waals surface area contributed by atoms with Crippen LogP contribution >= 0.6 is 0 Å². The van der Waals surface area contributed by atoms with Crippen LogP contribution in [-0.2, 0) is 14.4 Å². The third kappa shape index (κ3) is 2.93. The van der Waals surface area contributed by atoms with Crippen molar-refractivity contribution in [2.24, 2.45) is 5.41 Å². The van der Waals surface area contributed by atoms with Crippen molar-refractivity contribution >= 4 is 23.5 Å². The molecule has 1 saturated carbocycles. The van der Waals surface area contributed by atoms with Crippen molar-refractivity contribution in [2.45, 2.75) is 12.8 Å². The third-order valence-electron chi connectivity index (χ3n) is 3.12. The zero-order valence-corrected chi connectivity index (χ0v) is 10.5. The quantitative estimate of drug-likeness (QED) is 0.693. The summed E-state index contributed by atoms with van der Waals surface area (Å²) in [4.78, 5) is 34.3. The van der Waals surface area contributed by atoms with Crippen LogP contribution < -0.4 is 10.6 Å². The first kappa shape index (κ1) is 14.0. The number of aliphatic carboxylic acids is 1. The van der Waals surface area contributed by atoms with Gasteiger partial charge in [0.2, 0.25) is 11.8 Å². The van der Waals surface area contributed by atoms with Crippen molar-refractivity contribution in [1.82, 2.24) is 5.32 Å². The Morgan fingerprint density at radius 3 is 2.25 bits per heavy atom. The van der Waals surface area contributed by atoms with E-state index in [1.54, 1.807) is 0 Å². The van der Waals surface area contributed by atoms with Gasteiger partial charge in [-0.1, -0.05) is 0 Å². The minimum Gasteiger partial charge on any atom is -0.480 e. The zero-order valence-electron chi connectivity index (χ0n) is 10.5. The van der Waals surface area contributed by atoms with E-state index in [-0.39, 0.29) is 0 Å². The number of carboxylic acid groups (broad SMARTS) is 1. The Morgan fingerprint density at radius 2 is 1.75 bits per heavy atom. The summed E-state index contributed by atoms with van der Waals surface area (Å²) < 4.78 is 12.7. The predicted molar refractivity (Wildman–Crippen MR) is 67.3 cm³/mol. The molecule has 3 N–H and O–H groups in total. The summed E-state index contributed by atoms with van der Waals surface area (Å²) in [5, 5.41) is 13.2. The van der Waals surface area contributed by atoms with Gasteiger partial charge in [-0.15, -0.1) is 0 Å². The van der Waals surface area contributed by atoms with Crippen LogP contribution in [0.3, 0.4) is 0 Å². The van der Waals surface area contributed by atoms with Gasteiger partial charge in [0.15, 0.2) is 0 Å². The van der Waals surface area contributed by atoms with Crippen molar-refractivity contribution < 1.29 is 23.9 Å². The summed E-state index contributed by atoms with van der Waals surface area (Å²) in [5.41, 5.74) is -0.821. The highest BCUT2D eigenvalue weighted by Gasteiger charge is 2.56. The van der Waals surface area contributed by atoms with Crippen LogP contribution in [0.25, 0.3) is 0 Å². The molecule has 0 aliphatic heterocycles. The molecule has 106 valence electrons. The van der Waals surface area contributed by atoms with Gasteiger partial charge in [-0.2, -0.15) is 0 Å². The monoisotopic (exact) mass is 280 g/mol. The highest BCUT2D eigenvalue weighted by molar-refractivity contribution is 6.13. The van der Waals surface area contributed by atoms with E-state index < -0.39 is 35.6 Å². The maximum Gasteiger partial charge on any atom is 0.322 e. The number of carbonyl (C=O) groups is 3. The number of amides is 2. The van der Waals surface area contributed by atoms with Gasteiger partial charge in [0.25, 0.3) is 0 Å². The molecule has 2 amide bonds. The van der Waals surface area contributed by atoms with Gasteiger partial charge in [0, 0.05) is 5.69 Å². The van der Waals surface area contributed by atoms with Crippen LogP contribution in [0.4, 0.5) is 10.1 Å². The highest BCUT2D eigenvalue weighted by atomic mass is 19.1. The third-order valence-corrected chi connectivity index (χ3v) is 3.12. The number of anilines is 1. The van der Waals surface area contributed by atoms with E-state index in [1.807, 2.05) is 0 Å². The lowest BCUT2D eigenvalue weighted by Crippen LogP contribution is -2.41. The van der Waals surface area contributed by atoms with Crippen molar-refractivity contribution in [2.75, 3.05) is 11.9 Å². The molecule has 0 radical (unpaired) electrons. The number of hydrogen-bond donors (Lipinski definition) is 3. The molecule has 1 aliphatic carbocycles. The number of benzene rings is 1. The lowest BCUT2D eigenvalue weighted by Gasteiger charge is -2.14. The van der Waals surface area contributed by atoms with Gasteiger partial charge in [-0.25, -0.2) is 4.39 Å². The predicted octanol–water partition coefficient (Wildman–Crippen LogP) is 0.745. The molecule has 0 saturated heterocycles. The van der Waals surface area contributed by atoms with Crippen LogP contribution in [0.5, 0.6) is 0 Å². The van der Waals surface area contributed by atoms with Crippen LogP contribution in [0, 0.1) is 11.2 Å². The van der Waals surface area contributed by atoms with Gasteiger partial charge < -0.3 is 15.7 Å². The molecule has 0 spiro atoms. The van der Waals surface area contributed by atoms with Crippen LogP contribution in [0.2, 0.25) is 0 Å². The maximum absolute atomic E-state index is 12.7. The molecular formula is C13H13FN2O4. The second-order valence-corrected chi connectivity index (χ2v) is 4.62. The minimum absolute atomic E-state index is 0.367. The Kier molecular flexibility index (Phi) is 3.69. The molecule has 1 aliphatic rings. The smallest absolute Gasteiger partial charge is 0.322 e. The topological polar surface area (TPSA) is 95.5 Å². The number of nitrogens with one attached hydrogen (secondary N) is 2. The minimum atomic E-state index is -1.20. The fourth-order valence-corrected chi connectivity index (χ4v) is 1.79. The van der Waals surface area contributed by atoms with Crippen molar-refractivity contribution in [3.63, 3.8) is 0 Å². The number of carboxylic acids is 1. The molecule has 0 unspecified atom stereocenters. The largest absolute Gasteiger partial charge is 0.480 e. The Balaban J connectivity index is 1.99. The Hall–Kier alpha value is -2.44. The number of rotatable bonds is 5. The maximum atomic E-state index is 12.7. The van der Waals surface area contributed by atoms with E-state index in [2.05, 4.69) is 10.6 Å². The van der Waals surface area contributed by atoms with E-state index in [1.165, 1.54) is 24.3 Å². The summed E-state index contributed by atoms with van der Waals surface area (Å²) in [7, 11) is 0. The summed E-state index contributed by atoms with van der Waals surface area (Å²) in [6.45, 7) is -0.523. The first-order valence-electron chi connectivity index (χ1n) is 6.01.